The Labute approximate surface area is 183 Å². The van der Waals surface area contributed by atoms with Crippen molar-refractivity contribution in [3.05, 3.63) is 27.1 Å². The molecule has 1 amide bonds. The van der Waals surface area contributed by atoms with E-state index in [2.05, 4.69) is 36.6 Å². The molecule has 0 spiro atoms. The van der Waals surface area contributed by atoms with Gasteiger partial charge in [-0.2, -0.15) is 0 Å². The molecule has 0 radical (unpaired) electrons. The van der Waals surface area contributed by atoms with Crippen molar-refractivity contribution in [2.24, 2.45) is 0 Å². The minimum Gasteiger partial charge on any atom is -0.444 e. The molecule has 1 aliphatic heterocycles. The third-order valence-electron chi connectivity index (χ3n) is 4.06. The van der Waals surface area contributed by atoms with Crippen LogP contribution < -0.4 is 4.72 Å². The van der Waals surface area contributed by atoms with Crippen LogP contribution in [-0.4, -0.2) is 56.9 Å². The Morgan fingerprint density at radius 2 is 2.00 bits per heavy atom. The molecule has 1 N–H and O–H groups in total. The number of ether oxygens (including phenoxy) is 2. The average molecular weight is 542 g/mol. The Bertz CT molecular complexity index is 811. The van der Waals surface area contributed by atoms with Crippen LogP contribution in [0.4, 0.5) is 4.79 Å². The molecule has 1 aliphatic rings. The van der Waals surface area contributed by atoms with Gasteiger partial charge in [0.15, 0.2) is 0 Å². The van der Waals surface area contributed by atoms with Crippen molar-refractivity contribution in [3.8, 4) is 0 Å². The topological polar surface area (TPSA) is 84.9 Å². The van der Waals surface area contributed by atoms with E-state index in [0.29, 0.717) is 28.6 Å². The zero-order valence-corrected chi connectivity index (χ0v) is 20.4. The SMILES string of the molecule is CCOC[C@H]1C[C@@H](NS(=O)(=O)c2cc(Br)ccc2Br)CN1C(=O)OC(C)(C)C. The van der Waals surface area contributed by atoms with E-state index < -0.39 is 27.8 Å². The van der Waals surface area contributed by atoms with E-state index in [9.17, 15) is 13.2 Å². The molecule has 10 heteroatoms. The summed E-state index contributed by atoms with van der Waals surface area (Å²) in [7, 11) is -3.77. The highest BCUT2D eigenvalue weighted by Crippen LogP contribution is 2.28. The second-order valence-corrected chi connectivity index (χ2v) is 11.0. The molecule has 1 fully saturated rings. The summed E-state index contributed by atoms with van der Waals surface area (Å²) in [6.07, 6.45) is -0.0214. The molecule has 0 saturated carbocycles. The fourth-order valence-corrected chi connectivity index (χ4v) is 5.67. The van der Waals surface area contributed by atoms with Gasteiger partial charge >= 0.3 is 6.09 Å². The molecule has 28 heavy (non-hydrogen) atoms. The largest absolute Gasteiger partial charge is 0.444 e. The molecule has 1 aromatic rings. The zero-order chi connectivity index (χ0) is 21.1. The highest BCUT2D eigenvalue weighted by Gasteiger charge is 2.39. The first-order chi connectivity index (χ1) is 12.9. The summed E-state index contributed by atoms with van der Waals surface area (Å²) in [6, 6.07) is 4.26. The van der Waals surface area contributed by atoms with Crippen LogP contribution in [0.5, 0.6) is 0 Å². The molecule has 158 valence electrons. The molecule has 0 aromatic heterocycles. The van der Waals surface area contributed by atoms with E-state index in [1.807, 2.05) is 6.92 Å². The number of hydrogen-bond acceptors (Lipinski definition) is 5. The zero-order valence-electron chi connectivity index (χ0n) is 16.4. The maximum Gasteiger partial charge on any atom is 0.410 e. The third-order valence-corrected chi connectivity index (χ3v) is 7.07. The molecule has 7 nitrogen and oxygen atoms in total. The number of halogens is 2. The van der Waals surface area contributed by atoms with Crippen LogP contribution in [-0.2, 0) is 19.5 Å². The Hall–Kier alpha value is -0.680. The maximum absolute atomic E-state index is 12.9. The smallest absolute Gasteiger partial charge is 0.410 e. The maximum atomic E-state index is 12.9. The Balaban J connectivity index is 2.17. The third kappa shape index (κ3) is 6.41. The van der Waals surface area contributed by atoms with E-state index in [4.69, 9.17) is 9.47 Å². The van der Waals surface area contributed by atoms with Crippen LogP contribution in [0.2, 0.25) is 0 Å². The lowest BCUT2D eigenvalue weighted by atomic mass is 10.2. The number of carbonyl (C=O) groups is 1. The van der Waals surface area contributed by atoms with Gasteiger partial charge in [-0.1, -0.05) is 15.9 Å². The molecule has 0 bridgehead atoms. The normalized spacial score (nSPS) is 20.4. The second kappa shape index (κ2) is 9.42. The molecule has 1 aromatic carbocycles. The number of benzene rings is 1. The van der Waals surface area contributed by atoms with E-state index in [1.165, 1.54) is 6.07 Å². The lowest BCUT2D eigenvalue weighted by Gasteiger charge is -2.28. The van der Waals surface area contributed by atoms with Crippen LogP contribution in [0.15, 0.2) is 32.0 Å². The van der Waals surface area contributed by atoms with Crippen molar-refractivity contribution >= 4 is 48.0 Å². The van der Waals surface area contributed by atoms with Gasteiger partial charge in [0, 0.05) is 28.1 Å². The van der Waals surface area contributed by atoms with Crippen LogP contribution in [0.1, 0.15) is 34.1 Å². The predicted molar refractivity (Wildman–Crippen MR) is 114 cm³/mol. The number of amides is 1. The Morgan fingerprint density at radius 1 is 1.32 bits per heavy atom. The Morgan fingerprint density at radius 3 is 2.61 bits per heavy atom. The van der Waals surface area contributed by atoms with Gasteiger partial charge in [-0.25, -0.2) is 17.9 Å². The van der Waals surface area contributed by atoms with Crippen molar-refractivity contribution in [3.63, 3.8) is 0 Å². The number of likely N-dealkylation sites (tertiary alicyclic amines) is 1. The summed E-state index contributed by atoms with van der Waals surface area (Å²) in [5, 5.41) is 0. The van der Waals surface area contributed by atoms with Crippen molar-refractivity contribution in [2.75, 3.05) is 19.8 Å². The fourth-order valence-electron chi connectivity index (χ4n) is 2.92. The standard InChI is InChI=1S/C18H26Br2N2O5S/c1-5-26-11-14-9-13(10-22(14)17(23)27-18(2,3)4)21-28(24,25)16-8-12(19)6-7-15(16)20/h6-8,13-14,21H,5,9-11H2,1-4H3/t13-,14-/m1/s1. The lowest BCUT2D eigenvalue weighted by molar-refractivity contribution is 0.0115. The summed E-state index contributed by atoms with van der Waals surface area (Å²) in [5.41, 5.74) is -0.633. The van der Waals surface area contributed by atoms with Crippen LogP contribution in [0.25, 0.3) is 0 Å². The van der Waals surface area contributed by atoms with E-state index in [-0.39, 0.29) is 17.5 Å². The van der Waals surface area contributed by atoms with E-state index in [0.717, 1.165) is 0 Å². The van der Waals surface area contributed by atoms with Crippen molar-refractivity contribution < 1.29 is 22.7 Å². The van der Waals surface area contributed by atoms with Gasteiger partial charge in [-0.15, -0.1) is 0 Å². The van der Waals surface area contributed by atoms with Crippen LogP contribution in [0.3, 0.4) is 0 Å². The van der Waals surface area contributed by atoms with Crippen molar-refractivity contribution in [1.82, 2.24) is 9.62 Å². The molecular weight excluding hydrogens is 516 g/mol. The van der Waals surface area contributed by atoms with Gasteiger partial charge < -0.3 is 14.4 Å². The summed E-state index contributed by atoms with van der Waals surface area (Å²) in [5.74, 6) is 0. The van der Waals surface area contributed by atoms with Gasteiger partial charge in [0.25, 0.3) is 0 Å². The van der Waals surface area contributed by atoms with Crippen molar-refractivity contribution in [2.45, 2.75) is 56.7 Å². The summed E-state index contributed by atoms with van der Waals surface area (Å²) >= 11 is 6.58. The van der Waals surface area contributed by atoms with Gasteiger partial charge in [0.05, 0.1) is 17.5 Å². The van der Waals surface area contributed by atoms with E-state index in [1.54, 1.807) is 37.8 Å². The lowest BCUT2D eigenvalue weighted by Crippen LogP contribution is -2.43. The second-order valence-electron chi connectivity index (χ2n) is 7.57. The van der Waals surface area contributed by atoms with Gasteiger partial charge in [-0.05, 0) is 68.2 Å². The Kier molecular flexibility index (Phi) is 7.94. The average Bonchev–Trinajstić information content (AvgIpc) is 2.95. The molecule has 2 atom stereocenters. The predicted octanol–water partition coefficient (Wildman–Crippen LogP) is 3.90. The number of sulfonamides is 1. The number of nitrogens with one attached hydrogen (secondary N) is 1. The molecule has 1 saturated heterocycles. The summed E-state index contributed by atoms with van der Waals surface area (Å²) in [6.45, 7) is 8.32. The van der Waals surface area contributed by atoms with Gasteiger partial charge in [0.1, 0.15) is 5.60 Å². The first kappa shape index (κ1) is 23.6. The molecule has 0 aliphatic carbocycles. The minimum absolute atomic E-state index is 0.138. The minimum atomic E-state index is -3.77. The van der Waals surface area contributed by atoms with Crippen molar-refractivity contribution in [1.29, 1.82) is 0 Å². The molecule has 1 heterocycles. The first-order valence-electron chi connectivity index (χ1n) is 8.97. The quantitative estimate of drug-likeness (QED) is 0.590. The van der Waals surface area contributed by atoms with Gasteiger partial charge in [-0.3, -0.25) is 0 Å². The number of carbonyl (C=O) groups excluding carboxylic acids is 1. The van der Waals surface area contributed by atoms with Crippen LogP contribution in [0, 0.1) is 0 Å². The fraction of sp³-hybridized carbons (Fsp3) is 0.611. The molecule has 2 rings (SSSR count). The number of hydrogen-bond donors (Lipinski definition) is 1. The first-order valence-corrected chi connectivity index (χ1v) is 12.0. The molecular formula is C18H26Br2N2O5S. The highest BCUT2D eigenvalue weighted by molar-refractivity contribution is 9.11. The monoisotopic (exact) mass is 540 g/mol. The van der Waals surface area contributed by atoms with Crippen LogP contribution >= 0.6 is 31.9 Å². The highest BCUT2D eigenvalue weighted by atomic mass is 79.9. The molecule has 0 unspecified atom stereocenters. The van der Waals surface area contributed by atoms with Gasteiger partial charge in [0.2, 0.25) is 10.0 Å². The summed E-state index contributed by atoms with van der Waals surface area (Å²) < 4.78 is 40.5. The number of rotatable bonds is 6. The summed E-state index contributed by atoms with van der Waals surface area (Å²) in [4.78, 5) is 14.3. The number of nitrogens with zero attached hydrogens (tertiary/aromatic N) is 1. The van der Waals surface area contributed by atoms with E-state index >= 15 is 0 Å².